The van der Waals surface area contributed by atoms with E-state index in [0.29, 0.717) is 0 Å². The molecule has 0 aromatic heterocycles. The predicted octanol–water partition coefficient (Wildman–Crippen LogP) is 4.22. The lowest BCUT2D eigenvalue weighted by Gasteiger charge is -2.13. The van der Waals surface area contributed by atoms with Crippen LogP contribution in [-0.2, 0) is 9.47 Å². The molecule has 0 spiro atoms. The molecule has 1 unspecified atom stereocenters. The number of benzene rings is 2. The Hall–Kier alpha value is -2.55. The number of carbonyl (C=O) groups excluding carboxylic acids is 1. The summed E-state index contributed by atoms with van der Waals surface area (Å²) >= 11 is 0. The second-order valence-electron chi connectivity index (χ2n) is 4.17. The van der Waals surface area contributed by atoms with Crippen LogP contribution in [0.3, 0.4) is 0 Å². The minimum absolute atomic E-state index is 0.469. The molecule has 0 fully saturated rings. The minimum Gasteiger partial charge on any atom is -0.438 e. The first-order valence-corrected chi connectivity index (χ1v) is 6.32. The van der Waals surface area contributed by atoms with Crippen LogP contribution < -0.4 is 0 Å². The summed E-state index contributed by atoms with van der Waals surface area (Å²) in [7, 11) is 1.30. The number of hydrogen-bond acceptors (Lipinski definition) is 3. The molecule has 0 aliphatic rings. The normalized spacial score (nSPS) is 12.1. The highest BCUT2D eigenvalue weighted by Gasteiger charge is 2.13. The summed E-state index contributed by atoms with van der Waals surface area (Å²) in [5, 5.41) is 0. The van der Waals surface area contributed by atoms with Crippen molar-refractivity contribution in [2.75, 3.05) is 7.11 Å². The van der Waals surface area contributed by atoms with E-state index in [9.17, 15) is 4.79 Å². The molecule has 2 aromatic rings. The van der Waals surface area contributed by atoms with Crippen molar-refractivity contribution in [2.24, 2.45) is 0 Å². The summed E-state index contributed by atoms with van der Waals surface area (Å²) in [6.07, 6.45) is 2.59. The van der Waals surface area contributed by atoms with Crippen molar-refractivity contribution in [2.45, 2.75) is 6.10 Å². The third-order valence-electron chi connectivity index (χ3n) is 2.78. The van der Waals surface area contributed by atoms with Crippen LogP contribution in [0.15, 0.2) is 66.7 Å². The first-order valence-electron chi connectivity index (χ1n) is 6.32. The van der Waals surface area contributed by atoms with Gasteiger partial charge in [-0.25, -0.2) is 4.79 Å². The van der Waals surface area contributed by atoms with Gasteiger partial charge in [-0.05, 0) is 17.2 Å². The van der Waals surface area contributed by atoms with Crippen molar-refractivity contribution in [3.63, 3.8) is 0 Å². The van der Waals surface area contributed by atoms with Gasteiger partial charge in [-0.3, -0.25) is 0 Å². The van der Waals surface area contributed by atoms with Crippen LogP contribution in [0.4, 0.5) is 4.79 Å². The van der Waals surface area contributed by atoms with E-state index >= 15 is 0 Å². The van der Waals surface area contributed by atoms with Crippen molar-refractivity contribution in [1.82, 2.24) is 0 Å². The van der Waals surface area contributed by atoms with Crippen LogP contribution in [0.1, 0.15) is 17.2 Å². The smallest absolute Gasteiger partial charge is 0.438 e. The van der Waals surface area contributed by atoms with Crippen LogP contribution >= 0.6 is 0 Å². The van der Waals surface area contributed by atoms with Crippen LogP contribution in [-0.4, -0.2) is 13.3 Å². The molecule has 0 aliphatic carbocycles. The standard InChI is InChI=1S/C17H16O3/c1-19-17(18)20-16(15-10-6-3-7-11-15)13-12-14-8-4-2-5-9-14/h2-13,16H,1H3. The molecule has 0 radical (unpaired) electrons. The summed E-state index contributed by atoms with van der Waals surface area (Å²) in [5.41, 5.74) is 1.94. The minimum atomic E-state index is -0.698. The second kappa shape index (κ2) is 7.14. The summed E-state index contributed by atoms with van der Waals surface area (Å²) in [6.45, 7) is 0. The molecule has 0 saturated carbocycles. The molecule has 2 rings (SSSR count). The van der Waals surface area contributed by atoms with Gasteiger partial charge < -0.3 is 9.47 Å². The molecule has 20 heavy (non-hydrogen) atoms. The lowest BCUT2D eigenvalue weighted by atomic mass is 10.1. The molecule has 2 aromatic carbocycles. The van der Waals surface area contributed by atoms with Gasteiger partial charge in [0.15, 0.2) is 0 Å². The largest absolute Gasteiger partial charge is 0.508 e. The molecule has 1 atom stereocenters. The average molecular weight is 268 g/mol. The fourth-order valence-corrected chi connectivity index (χ4v) is 1.78. The average Bonchev–Trinajstić information content (AvgIpc) is 2.53. The molecule has 0 amide bonds. The van der Waals surface area contributed by atoms with Crippen LogP contribution in [0.25, 0.3) is 6.08 Å². The van der Waals surface area contributed by atoms with Gasteiger partial charge in [0.1, 0.15) is 6.10 Å². The molecule has 3 heteroatoms. The molecule has 0 saturated heterocycles. The topological polar surface area (TPSA) is 35.5 Å². The van der Waals surface area contributed by atoms with Crippen molar-refractivity contribution in [3.8, 4) is 0 Å². The maximum Gasteiger partial charge on any atom is 0.508 e. The summed E-state index contributed by atoms with van der Waals surface area (Å²) < 4.78 is 9.82. The molecule has 102 valence electrons. The Kier molecular flexibility index (Phi) is 4.95. The molecule has 0 N–H and O–H groups in total. The van der Waals surface area contributed by atoms with Gasteiger partial charge in [-0.1, -0.05) is 66.7 Å². The van der Waals surface area contributed by atoms with Crippen LogP contribution in [0.2, 0.25) is 0 Å². The van der Waals surface area contributed by atoms with E-state index in [-0.39, 0.29) is 0 Å². The lowest BCUT2D eigenvalue weighted by molar-refractivity contribution is 0.0524. The zero-order valence-electron chi connectivity index (χ0n) is 11.2. The van der Waals surface area contributed by atoms with Gasteiger partial charge in [0.25, 0.3) is 0 Å². The number of ether oxygens (including phenoxy) is 2. The first-order chi connectivity index (χ1) is 9.79. The van der Waals surface area contributed by atoms with E-state index in [1.165, 1.54) is 7.11 Å². The van der Waals surface area contributed by atoms with Gasteiger partial charge in [-0.2, -0.15) is 0 Å². The van der Waals surface area contributed by atoms with Crippen LogP contribution in [0, 0.1) is 0 Å². The van der Waals surface area contributed by atoms with E-state index < -0.39 is 12.3 Å². The van der Waals surface area contributed by atoms with Crippen molar-refractivity contribution >= 4 is 12.2 Å². The third kappa shape index (κ3) is 3.99. The van der Waals surface area contributed by atoms with Gasteiger partial charge in [0.05, 0.1) is 7.11 Å². The molecular formula is C17H16O3. The first kappa shape index (κ1) is 13.9. The summed E-state index contributed by atoms with van der Waals surface area (Å²) in [4.78, 5) is 11.3. The van der Waals surface area contributed by atoms with E-state index in [4.69, 9.17) is 4.74 Å². The highest BCUT2D eigenvalue weighted by atomic mass is 16.7. The predicted molar refractivity (Wildman–Crippen MR) is 78.1 cm³/mol. The highest BCUT2D eigenvalue weighted by molar-refractivity contribution is 5.61. The quantitative estimate of drug-likeness (QED) is 0.779. The Labute approximate surface area is 118 Å². The second-order valence-corrected chi connectivity index (χ2v) is 4.17. The van der Waals surface area contributed by atoms with Crippen LogP contribution in [0.5, 0.6) is 0 Å². The van der Waals surface area contributed by atoms with Gasteiger partial charge in [0, 0.05) is 0 Å². The Morgan fingerprint density at radius 1 is 1.00 bits per heavy atom. The van der Waals surface area contributed by atoms with Gasteiger partial charge >= 0.3 is 6.16 Å². The van der Waals surface area contributed by atoms with Crippen molar-refractivity contribution in [3.05, 3.63) is 77.9 Å². The van der Waals surface area contributed by atoms with E-state index in [1.54, 1.807) is 0 Å². The Balaban J connectivity index is 2.19. The van der Waals surface area contributed by atoms with Crippen molar-refractivity contribution in [1.29, 1.82) is 0 Å². The highest BCUT2D eigenvalue weighted by Crippen LogP contribution is 2.20. The Morgan fingerprint density at radius 2 is 1.60 bits per heavy atom. The fourth-order valence-electron chi connectivity index (χ4n) is 1.78. The lowest BCUT2D eigenvalue weighted by Crippen LogP contribution is -2.09. The van der Waals surface area contributed by atoms with E-state index in [2.05, 4.69) is 4.74 Å². The number of hydrogen-bond donors (Lipinski definition) is 0. The molecular weight excluding hydrogens is 252 g/mol. The van der Waals surface area contributed by atoms with E-state index in [1.807, 2.05) is 72.8 Å². The molecule has 0 heterocycles. The molecule has 0 aliphatic heterocycles. The molecule has 3 nitrogen and oxygen atoms in total. The maximum absolute atomic E-state index is 11.3. The molecule has 0 bridgehead atoms. The number of carbonyl (C=O) groups is 1. The summed E-state index contributed by atoms with van der Waals surface area (Å²) in [5.74, 6) is 0. The summed E-state index contributed by atoms with van der Waals surface area (Å²) in [6, 6.07) is 19.4. The monoisotopic (exact) mass is 268 g/mol. The maximum atomic E-state index is 11.3. The SMILES string of the molecule is COC(=O)OC(C=Cc1ccccc1)c1ccccc1. The third-order valence-corrected chi connectivity index (χ3v) is 2.78. The van der Waals surface area contributed by atoms with Crippen molar-refractivity contribution < 1.29 is 14.3 Å². The zero-order valence-corrected chi connectivity index (χ0v) is 11.2. The zero-order chi connectivity index (χ0) is 14.2. The number of rotatable bonds is 4. The fraction of sp³-hybridized carbons (Fsp3) is 0.118. The van der Waals surface area contributed by atoms with Gasteiger partial charge in [0.2, 0.25) is 0 Å². The van der Waals surface area contributed by atoms with Gasteiger partial charge in [-0.15, -0.1) is 0 Å². The number of methoxy groups -OCH3 is 1. The Morgan fingerprint density at radius 3 is 2.20 bits per heavy atom. The van der Waals surface area contributed by atoms with E-state index in [0.717, 1.165) is 11.1 Å². The Bertz CT molecular complexity index is 561.